The van der Waals surface area contributed by atoms with Gasteiger partial charge in [0.1, 0.15) is 0 Å². The number of ether oxygens (including phenoxy) is 1. The highest BCUT2D eigenvalue weighted by Crippen LogP contribution is 2.26. The van der Waals surface area contributed by atoms with Crippen LogP contribution >= 0.6 is 11.8 Å². The van der Waals surface area contributed by atoms with Crippen molar-refractivity contribution < 1.29 is 4.74 Å². The molecule has 1 saturated heterocycles. The molecule has 1 aliphatic rings. The fourth-order valence-corrected chi connectivity index (χ4v) is 3.33. The Bertz CT molecular complexity index is 609. The maximum absolute atomic E-state index is 5.40. The minimum atomic E-state index is 0.348. The van der Waals surface area contributed by atoms with Gasteiger partial charge in [-0.15, -0.1) is 5.10 Å². The van der Waals surface area contributed by atoms with Crippen LogP contribution < -0.4 is 0 Å². The summed E-state index contributed by atoms with van der Waals surface area (Å²) in [5, 5.41) is 13.0. The van der Waals surface area contributed by atoms with Gasteiger partial charge in [-0.2, -0.15) is 0 Å². The smallest absolute Gasteiger partial charge is 0.209 e. The molecule has 118 valence electrons. The third-order valence-electron chi connectivity index (χ3n) is 3.77. The quantitative estimate of drug-likeness (QED) is 0.790. The van der Waals surface area contributed by atoms with Gasteiger partial charge in [0.05, 0.1) is 11.7 Å². The molecular formula is C15H21N5OS. The minimum Gasteiger partial charge on any atom is -0.381 e. The van der Waals surface area contributed by atoms with E-state index in [1.165, 1.54) is 0 Å². The molecule has 1 fully saturated rings. The molecule has 0 radical (unpaired) electrons. The van der Waals surface area contributed by atoms with Crippen molar-refractivity contribution in [1.29, 1.82) is 0 Å². The zero-order valence-electron chi connectivity index (χ0n) is 13.0. The summed E-state index contributed by atoms with van der Waals surface area (Å²) in [7, 11) is 0. The summed E-state index contributed by atoms with van der Waals surface area (Å²) in [5.41, 5.74) is 2.19. The van der Waals surface area contributed by atoms with Gasteiger partial charge in [-0.3, -0.25) is 4.98 Å². The Kier molecular flexibility index (Phi) is 5.04. The van der Waals surface area contributed by atoms with E-state index in [0.29, 0.717) is 12.0 Å². The van der Waals surface area contributed by atoms with Crippen LogP contribution in [0.4, 0.5) is 0 Å². The Hall–Kier alpha value is -1.47. The number of hydrogen-bond donors (Lipinski definition) is 0. The molecule has 6 nitrogen and oxygen atoms in total. The van der Waals surface area contributed by atoms with E-state index in [4.69, 9.17) is 9.72 Å². The first-order valence-corrected chi connectivity index (χ1v) is 8.67. The molecule has 0 spiro atoms. The summed E-state index contributed by atoms with van der Waals surface area (Å²) in [6.45, 7) is 5.88. The van der Waals surface area contributed by atoms with E-state index in [1.54, 1.807) is 11.8 Å². The van der Waals surface area contributed by atoms with Crippen LogP contribution in [0.15, 0.2) is 23.4 Å². The summed E-state index contributed by atoms with van der Waals surface area (Å²) in [6, 6.07) is 6.55. The Morgan fingerprint density at radius 2 is 2.14 bits per heavy atom. The van der Waals surface area contributed by atoms with Crippen LogP contribution in [0.2, 0.25) is 0 Å². The highest BCUT2D eigenvalue weighted by molar-refractivity contribution is 7.98. The second-order valence-electron chi connectivity index (χ2n) is 5.75. The zero-order valence-corrected chi connectivity index (χ0v) is 13.8. The number of aromatic nitrogens is 5. The Morgan fingerprint density at radius 1 is 1.32 bits per heavy atom. The lowest BCUT2D eigenvalue weighted by Crippen LogP contribution is -2.21. The predicted octanol–water partition coefficient (Wildman–Crippen LogP) is 2.84. The van der Waals surface area contributed by atoms with Crippen molar-refractivity contribution in [2.75, 3.05) is 13.2 Å². The number of rotatable bonds is 5. The second kappa shape index (κ2) is 7.19. The Labute approximate surface area is 134 Å². The summed E-state index contributed by atoms with van der Waals surface area (Å²) >= 11 is 1.64. The molecule has 2 aromatic heterocycles. The fourth-order valence-electron chi connectivity index (χ4n) is 2.48. The number of nitrogens with zero attached hydrogens (tertiary/aromatic N) is 5. The summed E-state index contributed by atoms with van der Waals surface area (Å²) in [6.07, 6.45) is 1.94. The van der Waals surface area contributed by atoms with E-state index >= 15 is 0 Å². The fraction of sp³-hybridized carbons (Fsp3) is 0.600. The van der Waals surface area contributed by atoms with Crippen LogP contribution in [0, 0.1) is 0 Å². The summed E-state index contributed by atoms with van der Waals surface area (Å²) in [5.74, 6) is 1.22. The third kappa shape index (κ3) is 3.64. The van der Waals surface area contributed by atoms with E-state index < -0.39 is 0 Å². The van der Waals surface area contributed by atoms with Crippen LogP contribution in [-0.2, 0) is 10.5 Å². The van der Waals surface area contributed by atoms with Crippen molar-refractivity contribution in [3.63, 3.8) is 0 Å². The van der Waals surface area contributed by atoms with Crippen LogP contribution in [-0.4, -0.2) is 38.4 Å². The van der Waals surface area contributed by atoms with Gasteiger partial charge in [0.25, 0.3) is 0 Å². The van der Waals surface area contributed by atoms with Crippen LogP contribution in [0.25, 0.3) is 0 Å². The Morgan fingerprint density at radius 3 is 2.91 bits per heavy atom. The van der Waals surface area contributed by atoms with Crippen molar-refractivity contribution >= 4 is 11.8 Å². The molecule has 0 aliphatic carbocycles. The summed E-state index contributed by atoms with van der Waals surface area (Å²) < 4.78 is 7.35. The standard InChI is InChI=1S/C15H21N5OS/c1-11(2)14-5-3-4-12(16-14)10-22-15-17-18-19-20(15)13-6-8-21-9-7-13/h3-5,11,13H,6-10H2,1-2H3. The van der Waals surface area contributed by atoms with Crippen molar-refractivity contribution in [2.24, 2.45) is 0 Å². The molecule has 0 N–H and O–H groups in total. The van der Waals surface area contributed by atoms with Gasteiger partial charge in [0, 0.05) is 24.7 Å². The number of tetrazole rings is 1. The van der Waals surface area contributed by atoms with E-state index in [0.717, 1.165) is 48.4 Å². The second-order valence-corrected chi connectivity index (χ2v) is 6.69. The monoisotopic (exact) mass is 319 g/mol. The van der Waals surface area contributed by atoms with Gasteiger partial charge in [0.2, 0.25) is 5.16 Å². The molecule has 0 saturated carbocycles. The van der Waals surface area contributed by atoms with Gasteiger partial charge in [-0.1, -0.05) is 31.7 Å². The molecular weight excluding hydrogens is 298 g/mol. The van der Waals surface area contributed by atoms with Crippen LogP contribution in [0.5, 0.6) is 0 Å². The van der Waals surface area contributed by atoms with Gasteiger partial charge in [0.15, 0.2) is 0 Å². The lowest BCUT2D eigenvalue weighted by molar-refractivity contribution is 0.0631. The molecule has 0 aromatic carbocycles. The average Bonchev–Trinajstić information content (AvgIpc) is 3.02. The van der Waals surface area contributed by atoms with Gasteiger partial charge < -0.3 is 4.74 Å². The Balaban J connectivity index is 1.67. The minimum absolute atomic E-state index is 0.348. The van der Waals surface area contributed by atoms with Crippen LogP contribution in [0.1, 0.15) is 50.0 Å². The summed E-state index contributed by atoms with van der Waals surface area (Å²) in [4.78, 5) is 4.70. The van der Waals surface area contributed by atoms with Crippen LogP contribution in [0.3, 0.4) is 0 Å². The molecule has 0 bridgehead atoms. The van der Waals surface area contributed by atoms with E-state index in [-0.39, 0.29) is 0 Å². The van der Waals surface area contributed by atoms with Gasteiger partial charge >= 0.3 is 0 Å². The van der Waals surface area contributed by atoms with Crippen molar-refractivity contribution in [3.8, 4) is 0 Å². The molecule has 0 unspecified atom stereocenters. The molecule has 3 heterocycles. The van der Waals surface area contributed by atoms with Crippen molar-refractivity contribution in [3.05, 3.63) is 29.6 Å². The molecule has 7 heteroatoms. The maximum atomic E-state index is 5.40. The van der Waals surface area contributed by atoms with Gasteiger partial charge in [-0.05, 0) is 41.3 Å². The first kappa shape index (κ1) is 15.4. The van der Waals surface area contributed by atoms with Crippen molar-refractivity contribution in [2.45, 2.75) is 49.6 Å². The highest BCUT2D eigenvalue weighted by Gasteiger charge is 2.20. The SMILES string of the molecule is CC(C)c1cccc(CSc2nnnn2C2CCOCC2)n1. The number of thioether (sulfide) groups is 1. The van der Waals surface area contributed by atoms with Crippen molar-refractivity contribution in [1.82, 2.24) is 25.2 Å². The third-order valence-corrected chi connectivity index (χ3v) is 4.74. The van der Waals surface area contributed by atoms with E-state index in [1.807, 2.05) is 4.68 Å². The largest absolute Gasteiger partial charge is 0.381 e. The average molecular weight is 319 g/mol. The lowest BCUT2D eigenvalue weighted by atomic mass is 10.1. The number of hydrogen-bond acceptors (Lipinski definition) is 6. The highest BCUT2D eigenvalue weighted by atomic mass is 32.2. The molecule has 0 amide bonds. The molecule has 1 aliphatic heterocycles. The topological polar surface area (TPSA) is 65.7 Å². The zero-order chi connectivity index (χ0) is 15.4. The molecule has 22 heavy (non-hydrogen) atoms. The van der Waals surface area contributed by atoms with Gasteiger partial charge in [-0.25, -0.2) is 4.68 Å². The van der Waals surface area contributed by atoms with E-state index in [2.05, 4.69) is 47.6 Å². The first-order chi connectivity index (χ1) is 10.7. The molecule has 0 atom stereocenters. The lowest BCUT2D eigenvalue weighted by Gasteiger charge is -2.22. The first-order valence-electron chi connectivity index (χ1n) is 7.68. The van der Waals surface area contributed by atoms with E-state index in [9.17, 15) is 0 Å². The maximum Gasteiger partial charge on any atom is 0.209 e. The molecule has 3 rings (SSSR count). The molecule has 2 aromatic rings. The predicted molar refractivity (Wildman–Crippen MR) is 84.8 cm³/mol. The normalized spacial score (nSPS) is 16.3. The number of pyridine rings is 1.